The number of unbranched alkanes of at least 4 members (excludes halogenated alkanes) is 2. The molecule has 3 saturated carbocycles. The van der Waals surface area contributed by atoms with Gasteiger partial charge < -0.3 is 0 Å². The summed E-state index contributed by atoms with van der Waals surface area (Å²) in [6.07, 6.45) is 25.0. The quantitative estimate of drug-likeness (QED) is 0.383. The van der Waals surface area contributed by atoms with Crippen LogP contribution < -0.4 is 0 Å². The van der Waals surface area contributed by atoms with Crippen molar-refractivity contribution in [1.29, 1.82) is 5.26 Å². The summed E-state index contributed by atoms with van der Waals surface area (Å²) in [5, 5.41) is 10.2. The zero-order valence-electron chi connectivity index (χ0n) is 19.1. The predicted molar refractivity (Wildman–Crippen MR) is 120 cm³/mol. The van der Waals surface area contributed by atoms with Crippen molar-refractivity contribution in [3.8, 4) is 6.07 Å². The van der Waals surface area contributed by atoms with Gasteiger partial charge >= 0.3 is 0 Å². The van der Waals surface area contributed by atoms with E-state index in [0.29, 0.717) is 5.92 Å². The lowest BCUT2D eigenvalue weighted by molar-refractivity contribution is 0.0602. The van der Waals surface area contributed by atoms with Crippen LogP contribution in [-0.4, -0.2) is 0 Å². The van der Waals surface area contributed by atoms with Crippen LogP contribution in [0.3, 0.4) is 0 Å². The Morgan fingerprint density at radius 3 is 1.82 bits per heavy atom. The van der Waals surface area contributed by atoms with E-state index >= 15 is 0 Å². The summed E-state index contributed by atoms with van der Waals surface area (Å²) >= 11 is 0. The first kappa shape index (κ1) is 22.2. The second-order valence-electron chi connectivity index (χ2n) is 10.9. The molecule has 3 fully saturated rings. The molecule has 0 bridgehead atoms. The van der Waals surface area contributed by atoms with Crippen LogP contribution in [-0.2, 0) is 0 Å². The molecule has 0 N–H and O–H groups in total. The molecule has 0 radical (unpaired) electrons. The summed E-state index contributed by atoms with van der Waals surface area (Å²) in [6.45, 7) is 4.65. The Kier molecular flexibility index (Phi) is 8.74. The third-order valence-electron chi connectivity index (χ3n) is 9.24. The average molecular weight is 386 g/mol. The Bertz CT molecular complexity index is 465. The van der Waals surface area contributed by atoms with Crippen LogP contribution in [0.4, 0.5) is 0 Å². The van der Waals surface area contributed by atoms with Gasteiger partial charge in [-0.05, 0) is 81.0 Å². The third-order valence-corrected chi connectivity index (χ3v) is 9.24. The summed E-state index contributed by atoms with van der Waals surface area (Å²) in [5.41, 5.74) is 0.0459. The highest BCUT2D eigenvalue weighted by Gasteiger charge is 2.44. The van der Waals surface area contributed by atoms with E-state index in [1.807, 2.05) is 0 Å². The lowest BCUT2D eigenvalue weighted by Gasteiger charge is -2.46. The van der Waals surface area contributed by atoms with Crippen LogP contribution in [0.5, 0.6) is 0 Å². The van der Waals surface area contributed by atoms with E-state index in [9.17, 15) is 5.26 Å². The molecular weight excluding hydrogens is 338 g/mol. The smallest absolute Gasteiger partial charge is 0.0692 e. The second-order valence-corrected chi connectivity index (χ2v) is 10.9. The first-order valence-corrected chi connectivity index (χ1v) is 13.1. The molecule has 160 valence electrons. The monoisotopic (exact) mass is 385 g/mol. The van der Waals surface area contributed by atoms with Gasteiger partial charge in [0.1, 0.15) is 0 Å². The average Bonchev–Trinajstić information content (AvgIpc) is 2.75. The molecule has 3 aliphatic rings. The Morgan fingerprint density at radius 1 is 0.679 bits per heavy atom. The highest BCUT2D eigenvalue weighted by Crippen LogP contribution is 2.52. The van der Waals surface area contributed by atoms with Gasteiger partial charge in [-0.15, -0.1) is 0 Å². The molecule has 0 aromatic rings. The van der Waals surface area contributed by atoms with Gasteiger partial charge in [-0.3, -0.25) is 0 Å². The molecule has 3 rings (SSSR count). The van der Waals surface area contributed by atoms with Crippen LogP contribution in [0.1, 0.15) is 129 Å². The zero-order chi connectivity index (χ0) is 19.8. The minimum absolute atomic E-state index is 0.0459. The molecule has 28 heavy (non-hydrogen) atoms. The van der Waals surface area contributed by atoms with Crippen molar-refractivity contribution in [2.45, 2.75) is 129 Å². The highest BCUT2D eigenvalue weighted by molar-refractivity contribution is 5.06. The predicted octanol–water partition coefficient (Wildman–Crippen LogP) is 8.68. The Balaban J connectivity index is 1.44. The molecule has 0 spiro atoms. The molecule has 0 aromatic carbocycles. The summed E-state index contributed by atoms with van der Waals surface area (Å²) in [5.74, 6) is 4.62. The van der Waals surface area contributed by atoms with E-state index < -0.39 is 0 Å². The lowest BCUT2D eigenvalue weighted by atomic mass is 9.57. The summed E-state index contributed by atoms with van der Waals surface area (Å²) < 4.78 is 0. The van der Waals surface area contributed by atoms with Crippen molar-refractivity contribution in [2.24, 2.45) is 35.0 Å². The molecule has 0 atom stereocenters. The van der Waals surface area contributed by atoms with Crippen LogP contribution in [0.25, 0.3) is 0 Å². The Morgan fingerprint density at radius 2 is 1.25 bits per heavy atom. The number of rotatable bonds is 8. The van der Waals surface area contributed by atoms with Gasteiger partial charge in [0.05, 0.1) is 11.5 Å². The maximum Gasteiger partial charge on any atom is 0.0692 e. The van der Waals surface area contributed by atoms with Gasteiger partial charge in [-0.1, -0.05) is 78.1 Å². The molecule has 0 heterocycles. The van der Waals surface area contributed by atoms with E-state index in [2.05, 4.69) is 19.9 Å². The Labute approximate surface area is 176 Å². The SMILES string of the molecule is CCCCCC1CCC(C2(C#N)CCC(C3CCC(CCC)CC3)CC2)CC1. The van der Waals surface area contributed by atoms with E-state index in [1.54, 1.807) is 0 Å². The fourth-order valence-corrected chi connectivity index (χ4v) is 7.28. The summed E-state index contributed by atoms with van der Waals surface area (Å²) in [6, 6.07) is 2.90. The maximum absolute atomic E-state index is 10.2. The number of hydrogen-bond donors (Lipinski definition) is 0. The highest BCUT2D eigenvalue weighted by atomic mass is 14.5. The molecule has 0 aliphatic heterocycles. The van der Waals surface area contributed by atoms with Gasteiger partial charge in [-0.25, -0.2) is 0 Å². The molecule has 0 amide bonds. The van der Waals surface area contributed by atoms with Gasteiger partial charge in [0.2, 0.25) is 0 Å². The molecular formula is C27H47N. The molecule has 0 saturated heterocycles. The number of nitriles is 1. The van der Waals surface area contributed by atoms with Crippen LogP contribution in [0.15, 0.2) is 0 Å². The van der Waals surface area contributed by atoms with Crippen molar-refractivity contribution >= 4 is 0 Å². The zero-order valence-corrected chi connectivity index (χ0v) is 19.1. The van der Waals surface area contributed by atoms with Crippen molar-refractivity contribution in [1.82, 2.24) is 0 Å². The van der Waals surface area contributed by atoms with E-state index in [0.717, 1.165) is 23.7 Å². The van der Waals surface area contributed by atoms with Gasteiger partial charge in [0.25, 0.3) is 0 Å². The fourth-order valence-electron chi connectivity index (χ4n) is 7.28. The van der Waals surface area contributed by atoms with Crippen LogP contribution in [0, 0.1) is 46.3 Å². The topological polar surface area (TPSA) is 23.8 Å². The first-order chi connectivity index (χ1) is 13.7. The molecule has 0 unspecified atom stereocenters. The van der Waals surface area contributed by atoms with Crippen molar-refractivity contribution in [3.05, 3.63) is 0 Å². The fraction of sp³-hybridized carbons (Fsp3) is 0.963. The van der Waals surface area contributed by atoms with Gasteiger partial charge in [0.15, 0.2) is 0 Å². The normalized spacial score (nSPS) is 39.4. The second kappa shape index (κ2) is 11.0. The van der Waals surface area contributed by atoms with Gasteiger partial charge in [-0.2, -0.15) is 5.26 Å². The summed E-state index contributed by atoms with van der Waals surface area (Å²) in [7, 11) is 0. The van der Waals surface area contributed by atoms with E-state index in [-0.39, 0.29) is 5.41 Å². The molecule has 1 nitrogen and oxygen atoms in total. The van der Waals surface area contributed by atoms with Gasteiger partial charge in [0, 0.05) is 0 Å². The standard InChI is InChI=1S/C27H47N/c1-3-5-6-8-23-11-15-26(16-12-23)27(21-28)19-17-25(18-20-27)24-13-9-22(7-4-2)10-14-24/h22-26H,3-20H2,1-2H3. The third kappa shape index (κ3) is 5.55. The maximum atomic E-state index is 10.2. The number of hydrogen-bond acceptors (Lipinski definition) is 1. The van der Waals surface area contributed by atoms with Crippen molar-refractivity contribution < 1.29 is 0 Å². The lowest BCUT2D eigenvalue weighted by Crippen LogP contribution is -2.38. The van der Waals surface area contributed by atoms with E-state index in [1.165, 1.54) is 116 Å². The minimum atomic E-state index is 0.0459. The molecule has 3 aliphatic carbocycles. The number of nitrogens with zero attached hydrogens (tertiary/aromatic N) is 1. The molecule has 0 aromatic heterocycles. The molecule has 1 heteroatoms. The van der Waals surface area contributed by atoms with Crippen molar-refractivity contribution in [2.75, 3.05) is 0 Å². The first-order valence-electron chi connectivity index (χ1n) is 13.1. The largest absolute Gasteiger partial charge is 0.198 e. The van der Waals surface area contributed by atoms with Crippen LogP contribution >= 0.6 is 0 Å². The van der Waals surface area contributed by atoms with E-state index in [4.69, 9.17) is 0 Å². The van der Waals surface area contributed by atoms with Crippen molar-refractivity contribution in [3.63, 3.8) is 0 Å². The Hall–Kier alpha value is -0.510. The minimum Gasteiger partial charge on any atom is -0.198 e. The van der Waals surface area contributed by atoms with Crippen LogP contribution in [0.2, 0.25) is 0 Å². The summed E-state index contributed by atoms with van der Waals surface area (Å²) in [4.78, 5) is 0.